The molecular weight excluding hydrogens is 620 g/mol. The van der Waals surface area contributed by atoms with Gasteiger partial charge in [-0.2, -0.15) is 0 Å². The van der Waals surface area contributed by atoms with Crippen LogP contribution < -0.4 is 10.7 Å². The third-order valence-electron chi connectivity index (χ3n) is 12.0. The van der Waals surface area contributed by atoms with Crippen molar-refractivity contribution in [1.29, 1.82) is 0 Å². The number of carbonyl (C=O) groups is 3. The summed E-state index contributed by atoms with van der Waals surface area (Å²) < 4.78 is 4.48. The van der Waals surface area contributed by atoms with Gasteiger partial charge in [0.2, 0.25) is 11.8 Å². The van der Waals surface area contributed by atoms with Crippen molar-refractivity contribution in [3.63, 3.8) is 0 Å². The fourth-order valence-corrected chi connectivity index (χ4v) is 9.60. The Labute approximate surface area is 290 Å². The minimum absolute atomic E-state index is 0.155. The molecule has 2 saturated carbocycles. The molecule has 0 bridgehead atoms. The summed E-state index contributed by atoms with van der Waals surface area (Å²) in [5.74, 6) is -1.89. The van der Waals surface area contributed by atoms with E-state index in [2.05, 4.69) is 120 Å². The smallest absolute Gasteiger partial charge is 0.333 e. The SMILES string of the molecule is CCN1C(=O)C2C(C(=O)N(CC)C1=O)C1/C(=C\C=c3\c4cccc5cccc(c54)n3C)CC/C(=C/C=c3/c4cccc5cccc(c54)n3C)C21. The summed E-state index contributed by atoms with van der Waals surface area (Å²) in [4.78, 5) is 44.6. The molecule has 3 heterocycles. The highest BCUT2D eigenvalue weighted by molar-refractivity contribution is 6.11. The van der Waals surface area contributed by atoms with E-state index in [-0.39, 0.29) is 36.7 Å². The first-order chi connectivity index (χ1) is 24.3. The summed E-state index contributed by atoms with van der Waals surface area (Å²) in [5.41, 5.74) is 4.72. The Kier molecular flexibility index (Phi) is 6.92. The van der Waals surface area contributed by atoms with Crippen molar-refractivity contribution in [2.75, 3.05) is 13.1 Å². The number of fused-ring (bicyclic) bond motifs is 4. The van der Waals surface area contributed by atoms with Gasteiger partial charge in [-0.3, -0.25) is 19.4 Å². The molecular formula is C43H40N4O3. The molecule has 2 aromatic heterocycles. The number of allylic oxidation sites excluding steroid dienone is 4. The second kappa shape index (κ2) is 11.3. The predicted octanol–water partition coefficient (Wildman–Crippen LogP) is 6.63. The van der Waals surface area contributed by atoms with Gasteiger partial charge in [-0.1, -0.05) is 84.0 Å². The highest BCUT2D eigenvalue weighted by Crippen LogP contribution is 2.59. The van der Waals surface area contributed by atoms with E-state index in [1.807, 2.05) is 13.8 Å². The first-order valence-corrected chi connectivity index (χ1v) is 17.8. The third kappa shape index (κ3) is 4.12. The molecule has 3 aliphatic rings. The van der Waals surface area contributed by atoms with Crippen molar-refractivity contribution < 1.29 is 14.4 Å². The van der Waals surface area contributed by atoms with Gasteiger partial charge in [0, 0.05) is 70.5 Å². The molecule has 4 amide bonds. The number of aromatic nitrogens is 2. The number of benzene rings is 4. The van der Waals surface area contributed by atoms with Gasteiger partial charge in [0.1, 0.15) is 0 Å². The number of aryl methyl sites for hydroxylation is 2. The number of hydrogen-bond acceptors (Lipinski definition) is 3. The van der Waals surface area contributed by atoms with E-state index in [0.717, 1.165) is 23.5 Å². The predicted molar refractivity (Wildman–Crippen MR) is 200 cm³/mol. The number of rotatable bonds is 4. The van der Waals surface area contributed by atoms with Gasteiger partial charge in [0.05, 0.1) is 11.8 Å². The molecule has 7 nitrogen and oxygen atoms in total. The van der Waals surface area contributed by atoms with Crippen molar-refractivity contribution in [1.82, 2.24) is 18.9 Å². The molecule has 0 radical (unpaired) electrons. The van der Waals surface area contributed by atoms with Gasteiger partial charge >= 0.3 is 6.03 Å². The van der Waals surface area contributed by atoms with Gasteiger partial charge in [-0.05, 0) is 73.6 Å². The van der Waals surface area contributed by atoms with Crippen LogP contribution in [0.5, 0.6) is 0 Å². The van der Waals surface area contributed by atoms with Crippen LogP contribution in [-0.2, 0) is 23.7 Å². The van der Waals surface area contributed by atoms with Crippen LogP contribution in [0.15, 0.2) is 96.1 Å². The van der Waals surface area contributed by atoms with Gasteiger partial charge < -0.3 is 9.13 Å². The normalized spacial score (nSPS) is 25.2. The molecule has 4 unspecified atom stereocenters. The zero-order chi connectivity index (χ0) is 34.4. The first-order valence-electron chi connectivity index (χ1n) is 17.8. The Morgan fingerprint density at radius 2 is 0.960 bits per heavy atom. The molecule has 250 valence electrons. The van der Waals surface area contributed by atoms with Gasteiger partial charge in [-0.15, -0.1) is 0 Å². The van der Waals surface area contributed by atoms with E-state index in [9.17, 15) is 14.4 Å². The third-order valence-corrected chi connectivity index (χ3v) is 12.0. The number of amides is 4. The summed E-state index contributed by atoms with van der Waals surface area (Å²) >= 11 is 0. The lowest BCUT2D eigenvalue weighted by molar-refractivity contribution is -0.154. The van der Waals surface area contributed by atoms with Crippen LogP contribution in [0.3, 0.4) is 0 Å². The van der Waals surface area contributed by atoms with Crippen LogP contribution in [0.25, 0.3) is 55.5 Å². The highest BCUT2D eigenvalue weighted by atomic mass is 16.2. The second-order valence-corrected chi connectivity index (χ2v) is 14.1. The molecule has 4 aromatic carbocycles. The Hall–Kier alpha value is -5.43. The molecule has 9 rings (SSSR count). The lowest BCUT2D eigenvalue weighted by atomic mass is 9.48. The maximum absolute atomic E-state index is 14.2. The van der Waals surface area contributed by atoms with Gasteiger partial charge in [-0.25, -0.2) is 4.79 Å². The maximum Gasteiger partial charge on any atom is 0.333 e. The van der Waals surface area contributed by atoms with Crippen molar-refractivity contribution in [2.45, 2.75) is 26.7 Å². The second-order valence-electron chi connectivity index (χ2n) is 14.1. The molecule has 1 saturated heterocycles. The zero-order valence-electron chi connectivity index (χ0n) is 28.9. The van der Waals surface area contributed by atoms with E-state index >= 15 is 0 Å². The topological polar surface area (TPSA) is 67.6 Å². The molecule has 0 spiro atoms. The van der Waals surface area contributed by atoms with E-state index in [0.29, 0.717) is 0 Å². The molecule has 4 atom stereocenters. The van der Waals surface area contributed by atoms with Crippen LogP contribution in [0, 0.1) is 23.7 Å². The Morgan fingerprint density at radius 3 is 1.36 bits per heavy atom. The van der Waals surface area contributed by atoms with Crippen LogP contribution in [0.4, 0.5) is 4.79 Å². The largest absolute Gasteiger partial charge is 0.344 e. The molecule has 7 heteroatoms. The molecule has 50 heavy (non-hydrogen) atoms. The van der Waals surface area contributed by atoms with Crippen LogP contribution >= 0.6 is 0 Å². The fourth-order valence-electron chi connectivity index (χ4n) is 9.60. The number of imide groups is 2. The molecule has 1 aliphatic heterocycles. The monoisotopic (exact) mass is 660 g/mol. The lowest BCUT2D eigenvalue weighted by Crippen LogP contribution is -2.58. The standard InChI is InChI=1S/C43H40N4O3/c1-5-46-41(48)39-37-27(21-23-31-29-15-7-11-25-13-9-17-33(35(25)29)44(31)3)19-20-28(38(37)40(39)42(49)47(6-2)43(46)50)22-24-32-30-16-8-12-26-14-10-18-34(36(26)30)45(32)4/h7-18,21-24,37-40H,5-6,19-20H2,1-4H3/b27-21-,28-22-,31-23-,32-24-. The summed E-state index contributed by atoms with van der Waals surface area (Å²) in [5, 5.41) is 9.56. The molecule has 0 N–H and O–H groups in total. The summed E-state index contributed by atoms with van der Waals surface area (Å²) in [7, 11) is 4.21. The number of carbonyl (C=O) groups excluding carboxylic acids is 3. The Balaban J connectivity index is 1.21. The molecule has 3 fully saturated rings. The van der Waals surface area contributed by atoms with E-state index in [1.165, 1.54) is 64.3 Å². The summed E-state index contributed by atoms with van der Waals surface area (Å²) in [6, 6.07) is 25.2. The van der Waals surface area contributed by atoms with E-state index < -0.39 is 17.9 Å². The number of hydrogen-bond donors (Lipinski definition) is 0. The Bertz CT molecular complexity index is 2410. The molecule has 2 aliphatic carbocycles. The maximum atomic E-state index is 14.2. The minimum Gasteiger partial charge on any atom is -0.344 e. The quantitative estimate of drug-likeness (QED) is 0.213. The van der Waals surface area contributed by atoms with Gasteiger partial charge in [0.25, 0.3) is 0 Å². The van der Waals surface area contributed by atoms with Crippen molar-refractivity contribution >= 4 is 73.3 Å². The summed E-state index contributed by atoms with van der Waals surface area (Å²) in [6.07, 6.45) is 10.4. The first kappa shape index (κ1) is 30.6. The van der Waals surface area contributed by atoms with Crippen LogP contribution in [-0.4, -0.2) is 49.9 Å². The summed E-state index contributed by atoms with van der Waals surface area (Å²) in [6.45, 7) is 4.11. The van der Waals surface area contributed by atoms with Crippen LogP contribution in [0.1, 0.15) is 26.7 Å². The average molecular weight is 661 g/mol. The Morgan fingerprint density at radius 1 is 0.560 bits per heavy atom. The fraction of sp³-hybridized carbons (Fsp3) is 0.279. The minimum atomic E-state index is -0.567. The average Bonchev–Trinajstić information content (AvgIpc) is 3.53. The number of urea groups is 1. The van der Waals surface area contributed by atoms with E-state index in [1.54, 1.807) is 0 Å². The zero-order valence-corrected chi connectivity index (χ0v) is 28.9. The highest BCUT2D eigenvalue weighted by Gasteiger charge is 2.64. The van der Waals surface area contributed by atoms with Gasteiger partial charge in [0.15, 0.2) is 0 Å². The van der Waals surface area contributed by atoms with E-state index in [4.69, 9.17) is 0 Å². The van der Waals surface area contributed by atoms with Crippen LogP contribution in [0.2, 0.25) is 0 Å². The lowest BCUT2D eigenvalue weighted by Gasteiger charge is -2.54. The van der Waals surface area contributed by atoms with Crippen molar-refractivity contribution in [3.8, 4) is 0 Å². The molecule has 6 aromatic rings. The van der Waals surface area contributed by atoms with Crippen molar-refractivity contribution in [3.05, 3.63) is 107 Å². The number of nitrogens with zero attached hydrogens (tertiary/aromatic N) is 4. The van der Waals surface area contributed by atoms with Crippen molar-refractivity contribution in [2.24, 2.45) is 37.8 Å².